The van der Waals surface area contributed by atoms with Gasteiger partial charge in [0.05, 0.1) is 23.3 Å². The molecule has 1 aromatic heterocycles. The fraction of sp³-hybridized carbons (Fsp3) is 0. The van der Waals surface area contributed by atoms with E-state index in [2.05, 4.69) is 96.5 Å². The Labute approximate surface area is 163 Å². The van der Waals surface area contributed by atoms with Crippen LogP contribution in [0.3, 0.4) is 0 Å². The summed E-state index contributed by atoms with van der Waals surface area (Å²) in [7, 11) is 0. The van der Waals surface area contributed by atoms with Crippen molar-refractivity contribution in [3.05, 3.63) is 103 Å². The van der Waals surface area contributed by atoms with E-state index in [4.69, 9.17) is 4.98 Å². The minimum atomic E-state index is 0.792. The lowest BCUT2D eigenvalue weighted by atomic mass is 9.99. The highest BCUT2D eigenvalue weighted by Gasteiger charge is 2.13. The molecule has 0 saturated carbocycles. The monoisotopic (exact) mass is 358 g/mol. The van der Waals surface area contributed by atoms with Crippen molar-refractivity contribution in [3.63, 3.8) is 0 Å². The zero-order valence-corrected chi connectivity index (χ0v) is 15.3. The molecule has 4 aromatic carbocycles. The highest BCUT2D eigenvalue weighted by molar-refractivity contribution is 5.99. The maximum atomic E-state index is 5.05. The smallest absolute Gasteiger partial charge is 0.0972 e. The Morgan fingerprint density at radius 1 is 0.643 bits per heavy atom. The summed E-state index contributed by atoms with van der Waals surface area (Å²) in [5.41, 5.74) is 4.67. The van der Waals surface area contributed by atoms with Crippen molar-refractivity contribution < 1.29 is 0 Å². The third-order valence-electron chi connectivity index (χ3n) is 5.10. The summed E-state index contributed by atoms with van der Waals surface area (Å²) in [4.78, 5) is 9.73. The molecule has 0 N–H and O–H groups in total. The maximum Gasteiger partial charge on any atom is 0.0972 e. The summed E-state index contributed by atoms with van der Waals surface area (Å²) in [5, 5.41) is 4.72. The molecule has 5 aromatic rings. The molecule has 0 unspecified atom stereocenters. The van der Waals surface area contributed by atoms with Crippen LogP contribution in [-0.2, 0) is 0 Å². The van der Waals surface area contributed by atoms with Crippen molar-refractivity contribution in [2.24, 2.45) is 0 Å². The van der Waals surface area contributed by atoms with Crippen LogP contribution < -0.4 is 0 Å². The van der Waals surface area contributed by atoms with Crippen LogP contribution in [0.4, 0.5) is 0 Å². The predicted octanol–water partition coefficient (Wildman–Crippen LogP) is 6.76. The first kappa shape index (κ1) is 16.4. The molecular weight excluding hydrogens is 340 g/mol. The molecule has 0 atom stereocenters. The van der Waals surface area contributed by atoms with Crippen molar-refractivity contribution in [1.29, 1.82) is 0 Å². The van der Waals surface area contributed by atoms with Gasteiger partial charge in [0, 0.05) is 11.1 Å². The number of hydrogen-bond acceptors (Lipinski definition) is 2. The van der Waals surface area contributed by atoms with E-state index in [0.717, 1.165) is 33.6 Å². The first-order chi connectivity index (χ1) is 13.8. The fourth-order valence-corrected chi connectivity index (χ4v) is 3.76. The number of benzene rings is 4. The van der Waals surface area contributed by atoms with Gasteiger partial charge < -0.3 is 0 Å². The summed E-state index contributed by atoms with van der Waals surface area (Å²) < 4.78 is 0. The van der Waals surface area contributed by atoms with Crippen molar-refractivity contribution >= 4 is 27.6 Å². The van der Waals surface area contributed by atoms with E-state index in [9.17, 15) is 0 Å². The molecule has 0 amide bonds. The summed E-state index contributed by atoms with van der Waals surface area (Å²) in [6.07, 6.45) is 3.62. The normalized spacial score (nSPS) is 11.0. The molecule has 0 fully saturated rings. The van der Waals surface area contributed by atoms with Crippen LogP contribution >= 0.6 is 0 Å². The molecule has 28 heavy (non-hydrogen) atoms. The van der Waals surface area contributed by atoms with Gasteiger partial charge in [-0.2, -0.15) is 0 Å². The van der Waals surface area contributed by atoms with E-state index in [-0.39, 0.29) is 0 Å². The molecule has 2 nitrogen and oxygen atoms in total. The second kappa shape index (κ2) is 6.75. The third-order valence-corrected chi connectivity index (χ3v) is 5.10. The molecule has 132 valence electrons. The van der Waals surface area contributed by atoms with Crippen molar-refractivity contribution in [2.45, 2.75) is 0 Å². The number of nitrogens with zero attached hydrogens (tertiary/aromatic N) is 2. The van der Waals surface area contributed by atoms with E-state index < -0.39 is 0 Å². The van der Waals surface area contributed by atoms with Crippen LogP contribution in [0.15, 0.2) is 97.7 Å². The Balaban J connectivity index is 1.79. The van der Waals surface area contributed by atoms with Gasteiger partial charge in [-0.1, -0.05) is 91.5 Å². The van der Waals surface area contributed by atoms with Crippen molar-refractivity contribution in [3.8, 4) is 22.5 Å². The van der Waals surface area contributed by atoms with Crippen molar-refractivity contribution in [2.75, 3.05) is 0 Å². The highest BCUT2D eigenvalue weighted by Crippen LogP contribution is 2.33. The Hall–Kier alpha value is -3.78. The molecule has 0 bridgehead atoms. The number of rotatable bonds is 3. The van der Waals surface area contributed by atoms with E-state index in [1.807, 2.05) is 6.20 Å². The molecular formula is C26H18N2. The average molecular weight is 358 g/mol. The molecule has 0 spiro atoms. The minimum Gasteiger partial charge on any atom is -0.252 e. The van der Waals surface area contributed by atoms with Crippen LogP contribution in [0.1, 0.15) is 5.69 Å². The molecule has 0 radical (unpaired) electrons. The average Bonchev–Trinajstić information content (AvgIpc) is 2.78. The van der Waals surface area contributed by atoms with Crippen LogP contribution in [0.25, 0.3) is 50.1 Å². The van der Waals surface area contributed by atoms with Crippen LogP contribution in [0.5, 0.6) is 0 Å². The summed E-state index contributed by atoms with van der Waals surface area (Å²) >= 11 is 0. The Bertz CT molecular complexity index is 1320. The lowest BCUT2D eigenvalue weighted by molar-refractivity contribution is 1.19. The van der Waals surface area contributed by atoms with Gasteiger partial charge in [-0.25, -0.2) is 4.98 Å². The van der Waals surface area contributed by atoms with Crippen LogP contribution in [-0.4, -0.2) is 9.97 Å². The fourth-order valence-electron chi connectivity index (χ4n) is 3.76. The summed E-state index contributed by atoms with van der Waals surface area (Å²) in [6.45, 7) is 3.95. The first-order valence-corrected chi connectivity index (χ1v) is 9.31. The van der Waals surface area contributed by atoms with Gasteiger partial charge in [0.15, 0.2) is 0 Å². The second-order valence-corrected chi connectivity index (χ2v) is 6.75. The SMILES string of the molecule is C=Cc1ncc(-c2cccc3ccccc23)nc1-c1cccc2ccccc12. The zero-order valence-electron chi connectivity index (χ0n) is 15.3. The third kappa shape index (κ3) is 2.67. The lowest BCUT2D eigenvalue weighted by Gasteiger charge is -2.12. The summed E-state index contributed by atoms with van der Waals surface area (Å²) in [6, 6.07) is 29.3. The number of hydrogen-bond donors (Lipinski definition) is 0. The topological polar surface area (TPSA) is 25.8 Å². The molecule has 0 aliphatic carbocycles. The van der Waals surface area contributed by atoms with Gasteiger partial charge >= 0.3 is 0 Å². The van der Waals surface area contributed by atoms with Gasteiger partial charge in [-0.15, -0.1) is 0 Å². The van der Waals surface area contributed by atoms with Crippen LogP contribution in [0, 0.1) is 0 Å². The molecule has 5 rings (SSSR count). The molecule has 0 aliphatic rings. The Kier molecular flexibility index (Phi) is 3.95. The van der Waals surface area contributed by atoms with E-state index in [0.29, 0.717) is 0 Å². The lowest BCUT2D eigenvalue weighted by Crippen LogP contribution is -1.96. The van der Waals surface area contributed by atoms with Gasteiger partial charge in [0.1, 0.15) is 0 Å². The predicted molar refractivity (Wildman–Crippen MR) is 118 cm³/mol. The second-order valence-electron chi connectivity index (χ2n) is 6.75. The quantitative estimate of drug-likeness (QED) is 0.356. The standard InChI is InChI=1S/C26H18N2/c1-2-24-26(23-16-8-12-19-10-4-6-14-21(19)23)28-25(17-27-24)22-15-7-11-18-9-3-5-13-20(18)22/h2-17H,1H2. The Morgan fingerprint density at radius 3 is 1.89 bits per heavy atom. The molecule has 0 saturated heterocycles. The largest absolute Gasteiger partial charge is 0.252 e. The Morgan fingerprint density at radius 2 is 1.21 bits per heavy atom. The first-order valence-electron chi connectivity index (χ1n) is 9.31. The van der Waals surface area contributed by atoms with E-state index in [1.165, 1.54) is 16.2 Å². The minimum absolute atomic E-state index is 0.792. The van der Waals surface area contributed by atoms with Gasteiger partial charge in [-0.3, -0.25) is 4.98 Å². The molecule has 2 heteroatoms. The van der Waals surface area contributed by atoms with E-state index in [1.54, 1.807) is 6.08 Å². The zero-order chi connectivity index (χ0) is 18.9. The van der Waals surface area contributed by atoms with Crippen molar-refractivity contribution in [1.82, 2.24) is 9.97 Å². The van der Waals surface area contributed by atoms with Gasteiger partial charge in [0.25, 0.3) is 0 Å². The van der Waals surface area contributed by atoms with Gasteiger partial charge in [0.2, 0.25) is 0 Å². The van der Waals surface area contributed by atoms with Gasteiger partial charge in [-0.05, 0) is 27.6 Å². The van der Waals surface area contributed by atoms with E-state index >= 15 is 0 Å². The maximum absolute atomic E-state index is 5.05. The summed E-state index contributed by atoms with van der Waals surface area (Å²) in [5.74, 6) is 0. The molecule has 0 aliphatic heterocycles. The van der Waals surface area contributed by atoms with Crippen LogP contribution in [0.2, 0.25) is 0 Å². The number of aromatic nitrogens is 2. The highest BCUT2D eigenvalue weighted by atomic mass is 14.8. The molecule has 1 heterocycles. The number of fused-ring (bicyclic) bond motifs is 2.